The Hall–Kier alpha value is -1.18. The van der Waals surface area contributed by atoms with Gasteiger partial charge < -0.3 is 4.90 Å². The Morgan fingerprint density at radius 1 is 1.00 bits per heavy atom. The molecular formula is C16H14Cl2N. The number of halogens is 2. The van der Waals surface area contributed by atoms with Gasteiger partial charge >= 0.3 is 0 Å². The van der Waals surface area contributed by atoms with Crippen molar-refractivity contribution in [1.82, 2.24) is 0 Å². The summed E-state index contributed by atoms with van der Waals surface area (Å²) < 4.78 is 0. The number of hydrogen-bond donors (Lipinski definition) is 0. The van der Waals surface area contributed by atoms with E-state index in [9.17, 15) is 0 Å². The van der Waals surface area contributed by atoms with Crippen LogP contribution < -0.4 is 4.90 Å². The topological polar surface area (TPSA) is 3.24 Å². The first kappa shape index (κ1) is 12.8. The van der Waals surface area contributed by atoms with Gasteiger partial charge in [-0.2, -0.15) is 0 Å². The second kappa shape index (κ2) is 5.07. The van der Waals surface area contributed by atoms with Gasteiger partial charge in [-0.05, 0) is 43.5 Å². The Labute approximate surface area is 123 Å². The lowest BCUT2D eigenvalue weighted by atomic mass is 10.1. The molecule has 1 saturated carbocycles. The summed E-state index contributed by atoms with van der Waals surface area (Å²) in [6.45, 7) is 4.09. The SMILES string of the molecule is [CH2]c1ccc(Cl)c(Cl)c1N(c1ccccc1)C1CC1. The highest BCUT2D eigenvalue weighted by Crippen LogP contribution is 2.44. The quantitative estimate of drug-likeness (QED) is 0.724. The molecule has 0 aromatic heterocycles. The molecule has 19 heavy (non-hydrogen) atoms. The van der Waals surface area contributed by atoms with Crippen LogP contribution in [0.3, 0.4) is 0 Å². The summed E-state index contributed by atoms with van der Waals surface area (Å²) in [5.74, 6) is 0. The van der Waals surface area contributed by atoms with Gasteiger partial charge in [-0.15, -0.1) is 0 Å². The molecule has 2 aromatic carbocycles. The van der Waals surface area contributed by atoms with Gasteiger partial charge in [0.05, 0.1) is 15.7 Å². The van der Waals surface area contributed by atoms with E-state index in [1.807, 2.05) is 24.3 Å². The van der Waals surface area contributed by atoms with Crippen LogP contribution in [0.15, 0.2) is 42.5 Å². The van der Waals surface area contributed by atoms with Crippen molar-refractivity contribution in [3.8, 4) is 0 Å². The zero-order valence-corrected chi connectivity index (χ0v) is 12.0. The Balaban J connectivity index is 2.14. The predicted octanol–water partition coefficient (Wildman–Crippen LogP) is 5.48. The third-order valence-corrected chi connectivity index (χ3v) is 4.13. The summed E-state index contributed by atoms with van der Waals surface area (Å²) in [6, 6.07) is 14.5. The molecule has 0 spiro atoms. The Bertz CT molecular complexity index is 591. The van der Waals surface area contributed by atoms with Crippen molar-refractivity contribution >= 4 is 34.6 Å². The van der Waals surface area contributed by atoms with E-state index in [1.165, 1.54) is 12.8 Å². The molecule has 2 aromatic rings. The van der Waals surface area contributed by atoms with Crippen LogP contribution in [0.4, 0.5) is 11.4 Å². The van der Waals surface area contributed by atoms with Crippen molar-refractivity contribution in [2.45, 2.75) is 18.9 Å². The fraction of sp³-hybridized carbons (Fsp3) is 0.188. The van der Waals surface area contributed by atoms with Gasteiger partial charge in [-0.1, -0.05) is 47.5 Å². The molecule has 3 rings (SSSR count). The standard InChI is InChI=1S/C16H14Cl2N/c1-11-7-10-14(17)15(18)16(11)19(13-8-9-13)12-5-3-2-4-6-12/h2-7,10,13H,1,8-9H2. The molecule has 0 bridgehead atoms. The molecule has 3 heteroatoms. The van der Waals surface area contributed by atoms with Crippen molar-refractivity contribution < 1.29 is 0 Å². The number of nitrogens with zero attached hydrogens (tertiary/aromatic N) is 1. The minimum Gasteiger partial charge on any atom is -0.337 e. The Morgan fingerprint density at radius 3 is 2.32 bits per heavy atom. The monoisotopic (exact) mass is 290 g/mol. The van der Waals surface area contributed by atoms with Crippen LogP contribution in [-0.4, -0.2) is 6.04 Å². The summed E-state index contributed by atoms with van der Waals surface area (Å²) in [6.07, 6.45) is 2.36. The van der Waals surface area contributed by atoms with Crippen molar-refractivity contribution in [1.29, 1.82) is 0 Å². The number of benzene rings is 2. The molecule has 1 aliphatic rings. The molecule has 1 nitrogen and oxygen atoms in total. The third-order valence-electron chi connectivity index (χ3n) is 3.34. The summed E-state index contributed by atoms with van der Waals surface area (Å²) in [5.41, 5.74) is 2.98. The third kappa shape index (κ3) is 2.45. The van der Waals surface area contributed by atoms with Gasteiger partial charge in [0.25, 0.3) is 0 Å². The normalized spacial score (nSPS) is 14.5. The van der Waals surface area contributed by atoms with Gasteiger partial charge in [-0.3, -0.25) is 0 Å². The van der Waals surface area contributed by atoms with E-state index < -0.39 is 0 Å². The van der Waals surface area contributed by atoms with E-state index in [0.29, 0.717) is 16.1 Å². The zero-order valence-electron chi connectivity index (χ0n) is 10.4. The van der Waals surface area contributed by atoms with Crippen LogP contribution in [0, 0.1) is 6.92 Å². The van der Waals surface area contributed by atoms with Gasteiger partial charge in [0.15, 0.2) is 0 Å². The molecule has 0 unspecified atom stereocenters. The van der Waals surface area contributed by atoms with E-state index in [2.05, 4.69) is 24.0 Å². The average molecular weight is 291 g/mol. The van der Waals surface area contributed by atoms with Gasteiger partial charge in [-0.25, -0.2) is 0 Å². The second-order valence-corrected chi connectivity index (χ2v) is 5.59. The van der Waals surface area contributed by atoms with Crippen LogP contribution in [0.25, 0.3) is 0 Å². The number of rotatable bonds is 3. The molecule has 97 valence electrons. The van der Waals surface area contributed by atoms with E-state index >= 15 is 0 Å². The van der Waals surface area contributed by atoms with Crippen molar-refractivity contribution in [3.05, 3.63) is 65.0 Å². The molecule has 1 aliphatic carbocycles. The summed E-state index contributed by atoms with van der Waals surface area (Å²) in [4.78, 5) is 2.26. The fourth-order valence-corrected chi connectivity index (χ4v) is 2.71. The first-order chi connectivity index (χ1) is 9.18. The van der Waals surface area contributed by atoms with Crippen LogP contribution in [0.5, 0.6) is 0 Å². The van der Waals surface area contributed by atoms with Crippen molar-refractivity contribution in [2.75, 3.05) is 4.90 Å². The van der Waals surface area contributed by atoms with Gasteiger partial charge in [0.2, 0.25) is 0 Å². The largest absolute Gasteiger partial charge is 0.337 e. The molecule has 0 N–H and O–H groups in total. The molecule has 0 amide bonds. The maximum Gasteiger partial charge on any atom is 0.0832 e. The van der Waals surface area contributed by atoms with Crippen LogP contribution in [0.1, 0.15) is 18.4 Å². The summed E-state index contributed by atoms with van der Waals surface area (Å²) >= 11 is 12.6. The van der Waals surface area contributed by atoms with Crippen LogP contribution in [0.2, 0.25) is 10.0 Å². The predicted molar refractivity (Wildman–Crippen MR) is 82.5 cm³/mol. The zero-order chi connectivity index (χ0) is 13.4. The molecule has 0 heterocycles. The summed E-state index contributed by atoms with van der Waals surface area (Å²) in [5, 5.41) is 1.16. The average Bonchev–Trinajstić information content (AvgIpc) is 3.24. The minimum atomic E-state index is 0.499. The van der Waals surface area contributed by atoms with E-state index in [1.54, 1.807) is 6.07 Å². The highest BCUT2D eigenvalue weighted by Gasteiger charge is 2.32. The number of anilines is 2. The fourth-order valence-electron chi connectivity index (χ4n) is 2.28. The Kier molecular flexibility index (Phi) is 3.42. The highest BCUT2D eigenvalue weighted by molar-refractivity contribution is 6.44. The van der Waals surface area contributed by atoms with Crippen molar-refractivity contribution in [2.24, 2.45) is 0 Å². The van der Waals surface area contributed by atoms with Crippen molar-refractivity contribution in [3.63, 3.8) is 0 Å². The molecule has 1 fully saturated rings. The molecule has 1 radical (unpaired) electrons. The smallest absolute Gasteiger partial charge is 0.0832 e. The maximum absolute atomic E-state index is 6.40. The molecule has 0 atom stereocenters. The van der Waals surface area contributed by atoms with E-state index in [0.717, 1.165) is 16.9 Å². The Morgan fingerprint density at radius 2 is 1.68 bits per heavy atom. The number of hydrogen-bond acceptors (Lipinski definition) is 1. The molecular weight excluding hydrogens is 277 g/mol. The van der Waals surface area contributed by atoms with Gasteiger partial charge in [0.1, 0.15) is 0 Å². The molecule has 0 saturated heterocycles. The molecule has 0 aliphatic heterocycles. The first-order valence-electron chi connectivity index (χ1n) is 6.32. The number of para-hydroxylation sites is 1. The first-order valence-corrected chi connectivity index (χ1v) is 7.08. The van der Waals surface area contributed by atoms with E-state index in [-0.39, 0.29) is 0 Å². The lowest BCUT2D eigenvalue weighted by Crippen LogP contribution is -2.20. The lowest BCUT2D eigenvalue weighted by molar-refractivity contribution is 0.967. The lowest BCUT2D eigenvalue weighted by Gasteiger charge is -2.28. The summed E-state index contributed by atoms with van der Waals surface area (Å²) in [7, 11) is 0. The minimum absolute atomic E-state index is 0.499. The van der Waals surface area contributed by atoms with Crippen LogP contribution >= 0.6 is 23.2 Å². The highest BCUT2D eigenvalue weighted by atomic mass is 35.5. The second-order valence-electron chi connectivity index (χ2n) is 4.81. The van der Waals surface area contributed by atoms with Crippen LogP contribution in [-0.2, 0) is 0 Å². The maximum atomic E-state index is 6.40. The van der Waals surface area contributed by atoms with E-state index in [4.69, 9.17) is 23.2 Å². The van der Waals surface area contributed by atoms with Gasteiger partial charge in [0, 0.05) is 11.7 Å².